The number of nitrogens with zero attached hydrogens (tertiary/aromatic N) is 4. The van der Waals surface area contributed by atoms with Gasteiger partial charge in [-0.1, -0.05) is 0 Å². The molecule has 1 saturated heterocycles. The van der Waals surface area contributed by atoms with E-state index in [2.05, 4.69) is 13.1 Å². The number of hydrogen-bond acceptors (Lipinski definition) is 5. The summed E-state index contributed by atoms with van der Waals surface area (Å²) in [5, 5.41) is 14.6. The Morgan fingerprint density at radius 2 is 1.84 bits per heavy atom. The number of anilines is 1. The normalized spacial score (nSPS) is 24.0. The molecule has 38 heavy (non-hydrogen) atoms. The van der Waals surface area contributed by atoms with Gasteiger partial charge in [0.1, 0.15) is 11.4 Å². The first-order chi connectivity index (χ1) is 18.0. The summed E-state index contributed by atoms with van der Waals surface area (Å²) in [5.74, 6) is 0.804. The van der Waals surface area contributed by atoms with E-state index in [1.54, 1.807) is 0 Å². The van der Waals surface area contributed by atoms with Crippen molar-refractivity contribution in [3.63, 3.8) is 0 Å². The highest BCUT2D eigenvalue weighted by atomic mass is 16.6. The number of hydrogen-bond donors (Lipinski definition) is 1. The summed E-state index contributed by atoms with van der Waals surface area (Å²) in [5.41, 5.74) is 3.11. The number of piperidine rings is 1. The topological polar surface area (TPSA) is 97.1 Å². The first kappa shape index (κ1) is 26.4. The van der Waals surface area contributed by atoms with Crippen LogP contribution in [0.25, 0.3) is 11.1 Å². The van der Waals surface area contributed by atoms with Crippen molar-refractivity contribution < 1.29 is 24.2 Å². The predicted octanol–water partition coefficient (Wildman–Crippen LogP) is 6.26. The van der Waals surface area contributed by atoms with Gasteiger partial charge in [0, 0.05) is 41.5 Å². The van der Waals surface area contributed by atoms with Gasteiger partial charge in [0.05, 0.1) is 24.0 Å². The summed E-state index contributed by atoms with van der Waals surface area (Å²) in [7, 11) is 0. The molecular formula is C29H40N4O5. The van der Waals surface area contributed by atoms with Crippen LogP contribution in [0, 0.1) is 0 Å². The Balaban J connectivity index is 1.40. The minimum atomic E-state index is -0.930. The lowest BCUT2D eigenvalue weighted by Crippen LogP contribution is -2.47. The standard InChI is InChI=1S/C29H40N4O5/c1-18-9-10-24-25(33(18)27(34)35)12-11-23(26(24)37-22-7-6-8-22)20-16-30-32(17-20)21-13-14-31(19(2)15-21)28(36)38-29(3,4)5/h11-12,16-19,21-22H,6-10,13-15H2,1-5H3,(H,34,35)/t18-,19-,21+/m0/s1. The molecule has 1 aliphatic carbocycles. The van der Waals surface area contributed by atoms with Crippen LogP contribution in [0.2, 0.25) is 0 Å². The summed E-state index contributed by atoms with van der Waals surface area (Å²) in [4.78, 5) is 28.0. The number of carboxylic acid groups (broad SMARTS) is 1. The summed E-state index contributed by atoms with van der Waals surface area (Å²) < 4.78 is 14.1. The molecule has 2 fully saturated rings. The van der Waals surface area contributed by atoms with Crippen LogP contribution in [0.3, 0.4) is 0 Å². The van der Waals surface area contributed by atoms with Gasteiger partial charge in [-0.3, -0.25) is 9.58 Å². The Morgan fingerprint density at radius 1 is 1.08 bits per heavy atom. The van der Waals surface area contributed by atoms with Crippen molar-refractivity contribution in [2.75, 3.05) is 11.4 Å². The maximum atomic E-state index is 12.6. The van der Waals surface area contributed by atoms with Gasteiger partial charge < -0.3 is 19.5 Å². The van der Waals surface area contributed by atoms with Crippen molar-refractivity contribution in [2.24, 2.45) is 0 Å². The van der Waals surface area contributed by atoms with E-state index < -0.39 is 11.7 Å². The Hall–Kier alpha value is -3.23. The summed E-state index contributed by atoms with van der Waals surface area (Å²) >= 11 is 0. The maximum Gasteiger partial charge on any atom is 0.412 e. The third-order valence-corrected chi connectivity index (χ3v) is 8.05. The van der Waals surface area contributed by atoms with Gasteiger partial charge in [-0.25, -0.2) is 9.59 Å². The summed E-state index contributed by atoms with van der Waals surface area (Å²) in [6, 6.07) is 4.05. The number of fused-ring (bicyclic) bond motifs is 1. The zero-order valence-electron chi connectivity index (χ0n) is 23.1. The molecule has 5 rings (SSSR count). The van der Waals surface area contributed by atoms with Crippen LogP contribution in [0.15, 0.2) is 24.5 Å². The van der Waals surface area contributed by atoms with E-state index >= 15 is 0 Å². The Bertz CT molecular complexity index is 1200. The molecule has 2 amide bonds. The number of ether oxygens (including phenoxy) is 2. The molecule has 0 spiro atoms. The number of carbonyl (C=O) groups excluding carboxylic acids is 1. The van der Waals surface area contributed by atoms with E-state index in [1.807, 2.05) is 55.6 Å². The number of benzene rings is 1. The summed E-state index contributed by atoms with van der Waals surface area (Å²) in [6.07, 6.45) is 9.26. The second-order valence-electron chi connectivity index (χ2n) is 12.1. The van der Waals surface area contributed by atoms with E-state index in [9.17, 15) is 14.7 Å². The highest BCUT2D eigenvalue weighted by Gasteiger charge is 2.35. The van der Waals surface area contributed by atoms with Crippen molar-refractivity contribution in [1.29, 1.82) is 0 Å². The lowest BCUT2D eigenvalue weighted by atomic mass is 9.91. The first-order valence-corrected chi connectivity index (χ1v) is 13.9. The third-order valence-electron chi connectivity index (χ3n) is 8.05. The lowest BCUT2D eigenvalue weighted by Gasteiger charge is -2.38. The second kappa shape index (κ2) is 10.2. The number of carbonyl (C=O) groups is 2. The predicted molar refractivity (Wildman–Crippen MR) is 145 cm³/mol. The van der Waals surface area contributed by atoms with E-state index in [0.717, 1.165) is 73.1 Å². The molecule has 1 aromatic heterocycles. The fourth-order valence-corrected chi connectivity index (χ4v) is 5.77. The molecule has 2 aromatic rings. The molecule has 1 saturated carbocycles. The highest BCUT2D eigenvalue weighted by molar-refractivity contribution is 5.91. The zero-order chi connectivity index (χ0) is 27.2. The zero-order valence-corrected chi connectivity index (χ0v) is 23.1. The van der Waals surface area contributed by atoms with Gasteiger partial charge in [-0.05, 0) is 91.7 Å². The van der Waals surface area contributed by atoms with Crippen molar-refractivity contribution in [3.8, 4) is 16.9 Å². The SMILES string of the molecule is C[C@H]1C[C@H](n2cc(-c3ccc4c(c3OC3CCC3)CC[C@H](C)N4C(=O)O)cn2)CCN1C(=O)OC(C)(C)C. The maximum absolute atomic E-state index is 12.6. The first-order valence-electron chi connectivity index (χ1n) is 13.9. The molecule has 9 nitrogen and oxygen atoms in total. The minimum absolute atomic E-state index is 0.0431. The van der Waals surface area contributed by atoms with Gasteiger partial charge in [0.2, 0.25) is 0 Å². The van der Waals surface area contributed by atoms with Gasteiger partial charge >= 0.3 is 12.2 Å². The summed E-state index contributed by atoms with van der Waals surface area (Å²) in [6.45, 7) is 10.3. The van der Waals surface area contributed by atoms with Gasteiger partial charge in [0.15, 0.2) is 0 Å². The smallest absolute Gasteiger partial charge is 0.412 e. The molecule has 9 heteroatoms. The van der Waals surface area contributed by atoms with E-state index in [0.29, 0.717) is 6.54 Å². The van der Waals surface area contributed by atoms with Crippen molar-refractivity contribution in [2.45, 2.75) is 109 Å². The molecule has 1 N–H and O–H groups in total. The molecule has 2 aliphatic heterocycles. The monoisotopic (exact) mass is 524 g/mol. The van der Waals surface area contributed by atoms with Crippen LogP contribution in [0.4, 0.5) is 15.3 Å². The average Bonchev–Trinajstić information content (AvgIpc) is 3.29. The van der Waals surface area contributed by atoms with Crippen LogP contribution in [-0.4, -0.2) is 62.3 Å². The molecule has 0 unspecified atom stereocenters. The van der Waals surface area contributed by atoms with Crippen LogP contribution in [0.1, 0.15) is 84.7 Å². The molecule has 0 radical (unpaired) electrons. The second-order valence-corrected chi connectivity index (χ2v) is 12.1. The number of aromatic nitrogens is 2. The minimum Gasteiger partial charge on any atom is -0.489 e. The van der Waals surface area contributed by atoms with Crippen LogP contribution in [0.5, 0.6) is 5.75 Å². The fraction of sp³-hybridized carbons (Fsp3) is 0.621. The van der Waals surface area contributed by atoms with Crippen LogP contribution in [-0.2, 0) is 11.2 Å². The Kier molecular flexibility index (Phi) is 7.05. The number of likely N-dealkylation sites (tertiary alicyclic amines) is 1. The largest absolute Gasteiger partial charge is 0.489 e. The fourth-order valence-electron chi connectivity index (χ4n) is 5.77. The lowest BCUT2D eigenvalue weighted by molar-refractivity contribution is 0.00729. The quantitative estimate of drug-likeness (QED) is 0.507. The molecule has 3 heterocycles. The van der Waals surface area contributed by atoms with Crippen LogP contribution >= 0.6 is 0 Å². The van der Waals surface area contributed by atoms with Gasteiger partial charge in [-0.15, -0.1) is 0 Å². The Morgan fingerprint density at radius 3 is 2.47 bits per heavy atom. The van der Waals surface area contributed by atoms with E-state index in [-0.39, 0.29) is 30.3 Å². The van der Waals surface area contributed by atoms with E-state index in [1.165, 1.54) is 4.90 Å². The average molecular weight is 525 g/mol. The van der Waals surface area contributed by atoms with Crippen LogP contribution < -0.4 is 9.64 Å². The molecule has 1 aromatic carbocycles. The molecule has 3 aliphatic rings. The number of amides is 2. The molecular weight excluding hydrogens is 484 g/mol. The van der Waals surface area contributed by atoms with E-state index in [4.69, 9.17) is 14.6 Å². The van der Waals surface area contributed by atoms with Gasteiger partial charge in [-0.2, -0.15) is 5.10 Å². The van der Waals surface area contributed by atoms with Gasteiger partial charge in [0.25, 0.3) is 0 Å². The number of rotatable bonds is 4. The molecule has 206 valence electrons. The third kappa shape index (κ3) is 5.20. The van der Waals surface area contributed by atoms with Crippen molar-refractivity contribution in [1.82, 2.24) is 14.7 Å². The molecule has 0 bridgehead atoms. The molecule has 3 atom stereocenters. The van der Waals surface area contributed by atoms with Crippen molar-refractivity contribution in [3.05, 3.63) is 30.1 Å². The Labute approximate surface area is 224 Å². The van der Waals surface area contributed by atoms with Crippen molar-refractivity contribution >= 4 is 17.9 Å². The highest BCUT2D eigenvalue weighted by Crippen LogP contribution is 2.45.